The highest BCUT2D eigenvalue weighted by molar-refractivity contribution is 8.00. The summed E-state index contributed by atoms with van der Waals surface area (Å²) in [5.74, 6) is 2.42. The van der Waals surface area contributed by atoms with Gasteiger partial charge in [0.15, 0.2) is 0 Å². The molecule has 4 aromatic rings. The van der Waals surface area contributed by atoms with E-state index >= 15 is 0 Å². The topological polar surface area (TPSA) is 0 Å². The standard InChI is InChI=1S/C28H28P2S/c1-5-13-25(14-6-1)29(26-15-7-2-8-16-26)21-23-31-24-22-30(27-17-9-3-10-18-27)28-19-11-4-12-20-28/h1-20H,21-24H2. The minimum atomic E-state index is -0.286. The molecule has 0 amide bonds. The van der Waals surface area contributed by atoms with E-state index in [9.17, 15) is 0 Å². The Morgan fingerprint density at radius 2 is 0.645 bits per heavy atom. The predicted octanol–water partition coefficient (Wildman–Crippen LogP) is 5.99. The second-order valence-corrected chi connectivity index (χ2v) is 13.2. The average Bonchev–Trinajstić information content (AvgIpc) is 2.86. The van der Waals surface area contributed by atoms with E-state index in [0.29, 0.717) is 0 Å². The van der Waals surface area contributed by atoms with Gasteiger partial charge in [-0.2, -0.15) is 11.8 Å². The van der Waals surface area contributed by atoms with Crippen molar-refractivity contribution >= 4 is 48.8 Å². The number of hydrogen-bond acceptors (Lipinski definition) is 1. The van der Waals surface area contributed by atoms with E-state index in [0.717, 1.165) is 0 Å². The lowest BCUT2D eigenvalue weighted by Gasteiger charge is -2.20. The average molecular weight is 459 g/mol. The molecule has 3 heteroatoms. The van der Waals surface area contributed by atoms with Gasteiger partial charge in [0.1, 0.15) is 0 Å². The Hall–Kier alpha value is -1.91. The van der Waals surface area contributed by atoms with Crippen LogP contribution in [0.5, 0.6) is 0 Å². The summed E-state index contributed by atoms with van der Waals surface area (Å²) < 4.78 is 0. The van der Waals surface area contributed by atoms with Crippen molar-refractivity contribution < 1.29 is 0 Å². The van der Waals surface area contributed by atoms with Gasteiger partial charge in [0.05, 0.1) is 0 Å². The predicted molar refractivity (Wildman–Crippen MR) is 145 cm³/mol. The molecule has 0 heterocycles. The van der Waals surface area contributed by atoms with Crippen molar-refractivity contribution in [1.29, 1.82) is 0 Å². The molecule has 0 aliphatic carbocycles. The molecule has 0 aliphatic rings. The molecule has 0 bridgehead atoms. The van der Waals surface area contributed by atoms with Crippen molar-refractivity contribution in [2.45, 2.75) is 0 Å². The molecule has 0 saturated carbocycles. The van der Waals surface area contributed by atoms with Crippen LogP contribution in [0.25, 0.3) is 0 Å². The molecular formula is C28H28P2S. The van der Waals surface area contributed by atoms with Crippen molar-refractivity contribution in [2.24, 2.45) is 0 Å². The first-order valence-electron chi connectivity index (χ1n) is 10.7. The summed E-state index contributed by atoms with van der Waals surface area (Å²) in [5, 5.41) is 5.94. The summed E-state index contributed by atoms with van der Waals surface area (Å²) in [6.07, 6.45) is 2.48. The van der Waals surface area contributed by atoms with Gasteiger partial charge >= 0.3 is 0 Å². The van der Waals surface area contributed by atoms with Crippen LogP contribution in [0.4, 0.5) is 0 Å². The van der Waals surface area contributed by atoms with Gasteiger partial charge in [-0.1, -0.05) is 121 Å². The van der Waals surface area contributed by atoms with E-state index in [-0.39, 0.29) is 15.8 Å². The molecule has 0 fully saturated rings. The zero-order valence-corrected chi connectivity index (χ0v) is 20.3. The van der Waals surface area contributed by atoms with Crippen molar-refractivity contribution in [3.8, 4) is 0 Å². The van der Waals surface area contributed by atoms with E-state index in [1.54, 1.807) is 0 Å². The lowest BCUT2D eigenvalue weighted by molar-refractivity contribution is 1.47. The molecule has 0 saturated heterocycles. The third-order valence-corrected chi connectivity index (χ3v) is 11.8. The van der Waals surface area contributed by atoms with Crippen LogP contribution < -0.4 is 21.2 Å². The molecule has 0 aliphatic heterocycles. The Labute approximate surface area is 193 Å². The third kappa shape index (κ3) is 6.54. The number of rotatable bonds is 10. The molecule has 4 aromatic carbocycles. The lowest BCUT2D eigenvalue weighted by Crippen LogP contribution is -2.16. The summed E-state index contributed by atoms with van der Waals surface area (Å²) in [7, 11) is -0.572. The summed E-state index contributed by atoms with van der Waals surface area (Å²) in [6.45, 7) is 0. The minimum absolute atomic E-state index is 0.286. The summed E-state index contributed by atoms with van der Waals surface area (Å²) in [4.78, 5) is 0. The van der Waals surface area contributed by atoms with Crippen molar-refractivity contribution in [3.05, 3.63) is 121 Å². The van der Waals surface area contributed by atoms with Gasteiger partial charge in [0, 0.05) is 0 Å². The molecule has 0 spiro atoms. The fourth-order valence-corrected chi connectivity index (χ4v) is 10.1. The molecule has 31 heavy (non-hydrogen) atoms. The molecule has 0 N–H and O–H groups in total. The van der Waals surface area contributed by atoms with Crippen LogP contribution in [0.3, 0.4) is 0 Å². The fraction of sp³-hybridized carbons (Fsp3) is 0.143. The van der Waals surface area contributed by atoms with Gasteiger partial charge in [0.2, 0.25) is 0 Å². The SMILES string of the molecule is c1ccc(P(CCSCCP(c2ccccc2)c2ccccc2)c2ccccc2)cc1. The van der Waals surface area contributed by atoms with E-state index < -0.39 is 0 Å². The summed E-state index contributed by atoms with van der Waals surface area (Å²) in [6, 6.07) is 44.3. The van der Waals surface area contributed by atoms with E-state index in [2.05, 4.69) is 133 Å². The van der Waals surface area contributed by atoms with Crippen LogP contribution in [-0.2, 0) is 0 Å². The Bertz CT molecular complexity index is 844. The van der Waals surface area contributed by atoms with Crippen LogP contribution in [0.15, 0.2) is 121 Å². The molecule has 0 aromatic heterocycles. The Kier molecular flexibility index (Phi) is 8.78. The smallest absolute Gasteiger partial charge is 0.00220 e. The van der Waals surface area contributed by atoms with Gasteiger partial charge in [-0.3, -0.25) is 0 Å². The van der Waals surface area contributed by atoms with E-state index in [1.165, 1.54) is 45.0 Å². The highest BCUT2D eigenvalue weighted by Crippen LogP contribution is 2.36. The van der Waals surface area contributed by atoms with E-state index in [1.807, 2.05) is 0 Å². The second kappa shape index (κ2) is 12.2. The van der Waals surface area contributed by atoms with Crippen molar-refractivity contribution in [1.82, 2.24) is 0 Å². The third-order valence-electron chi connectivity index (χ3n) is 5.19. The largest absolute Gasteiger partial charge is 0.161 e. The zero-order chi connectivity index (χ0) is 21.1. The van der Waals surface area contributed by atoms with E-state index in [4.69, 9.17) is 0 Å². The maximum atomic E-state index is 2.30. The van der Waals surface area contributed by atoms with Gasteiger partial charge in [-0.05, 0) is 60.9 Å². The summed E-state index contributed by atoms with van der Waals surface area (Å²) >= 11 is 2.12. The molecule has 156 valence electrons. The molecule has 0 nitrogen and oxygen atoms in total. The molecule has 4 rings (SSSR count). The maximum absolute atomic E-state index is 2.30. The first kappa shape index (κ1) is 22.3. The van der Waals surface area contributed by atoms with Crippen molar-refractivity contribution in [3.63, 3.8) is 0 Å². The van der Waals surface area contributed by atoms with Crippen molar-refractivity contribution in [2.75, 3.05) is 23.8 Å². The Morgan fingerprint density at radius 3 is 0.903 bits per heavy atom. The first-order valence-corrected chi connectivity index (χ1v) is 15.0. The fourth-order valence-electron chi connectivity index (χ4n) is 3.66. The highest BCUT2D eigenvalue weighted by Gasteiger charge is 2.15. The zero-order valence-electron chi connectivity index (χ0n) is 17.7. The van der Waals surface area contributed by atoms with Crippen LogP contribution in [-0.4, -0.2) is 23.8 Å². The maximum Gasteiger partial charge on any atom is -0.00220 e. The second-order valence-electron chi connectivity index (χ2n) is 7.26. The monoisotopic (exact) mass is 458 g/mol. The number of hydrogen-bond donors (Lipinski definition) is 0. The van der Waals surface area contributed by atoms with Gasteiger partial charge in [-0.15, -0.1) is 0 Å². The molecular weight excluding hydrogens is 430 g/mol. The molecule has 0 radical (unpaired) electrons. The molecule has 0 atom stereocenters. The van der Waals surface area contributed by atoms with Crippen LogP contribution in [0.2, 0.25) is 0 Å². The summed E-state index contributed by atoms with van der Waals surface area (Å²) in [5.41, 5.74) is 0. The number of benzene rings is 4. The highest BCUT2D eigenvalue weighted by atomic mass is 32.2. The van der Waals surface area contributed by atoms with Crippen LogP contribution >= 0.6 is 27.6 Å². The minimum Gasteiger partial charge on any atom is -0.161 e. The molecule has 0 unspecified atom stereocenters. The van der Waals surface area contributed by atoms with Gasteiger partial charge in [-0.25, -0.2) is 0 Å². The Balaban J connectivity index is 1.37. The number of thioether (sulfide) groups is 1. The quantitative estimate of drug-likeness (QED) is 0.208. The van der Waals surface area contributed by atoms with Crippen LogP contribution in [0.1, 0.15) is 0 Å². The van der Waals surface area contributed by atoms with Gasteiger partial charge < -0.3 is 0 Å². The first-order chi connectivity index (χ1) is 15.4. The lowest BCUT2D eigenvalue weighted by atomic mass is 10.4. The Morgan fingerprint density at radius 1 is 0.387 bits per heavy atom. The normalized spacial score (nSPS) is 11.2. The van der Waals surface area contributed by atoms with Gasteiger partial charge in [0.25, 0.3) is 0 Å². The van der Waals surface area contributed by atoms with Crippen LogP contribution in [0, 0.1) is 0 Å².